The molecule has 0 aliphatic rings. The highest BCUT2D eigenvalue weighted by Gasteiger charge is 2.13. The molecular formula is C15H23N5. The molecule has 0 atom stereocenters. The number of aryl methyl sites for hydroxylation is 3. The first kappa shape index (κ1) is 14.7. The van der Waals surface area contributed by atoms with Crippen molar-refractivity contribution >= 4 is 0 Å². The van der Waals surface area contributed by atoms with Gasteiger partial charge >= 0.3 is 0 Å². The number of nitrogens with zero attached hydrogens (tertiary/aromatic N) is 4. The molecule has 20 heavy (non-hydrogen) atoms. The van der Waals surface area contributed by atoms with Crippen LogP contribution in [-0.2, 0) is 26.3 Å². The van der Waals surface area contributed by atoms with E-state index in [9.17, 15) is 0 Å². The number of hydrogen-bond acceptors (Lipinski definition) is 4. The van der Waals surface area contributed by atoms with Crippen LogP contribution >= 0.6 is 0 Å². The van der Waals surface area contributed by atoms with Crippen LogP contribution < -0.4 is 5.32 Å². The largest absolute Gasteiger partial charge is 0.319 e. The second kappa shape index (κ2) is 6.61. The van der Waals surface area contributed by atoms with Crippen LogP contribution in [0, 0.1) is 0 Å². The third kappa shape index (κ3) is 3.04. The van der Waals surface area contributed by atoms with Gasteiger partial charge in [0.2, 0.25) is 0 Å². The molecule has 0 saturated carbocycles. The van der Waals surface area contributed by atoms with Crippen LogP contribution in [0.15, 0.2) is 12.4 Å². The molecule has 0 spiro atoms. The lowest BCUT2D eigenvalue weighted by atomic mass is 10.0. The van der Waals surface area contributed by atoms with E-state index in [1.54, 1.807) is 4.68 Å². The Hall–Kier alpha value is -1.75. The molecule has 108 valence electrons. The molecule has 0 unspecified atom stereocenters. The lowest BCUT2D eigenvalue weighted by Crippen LogP contribution is -2.15. The quantitative estimate of drug-likeness (QED) is 0.871. The highest BCUT2D eigenvalue weighted by Crippen LogP contribution is 2.20. The lowest BCUT2D eigenvalue weighted by Gasteiger charge is -2.13. The minimum absolute atomic E-state index is 0.792. The molecule has 5 heteroatoms. The van der Waals surface area contributed by atoms with Crippen molar-refractivity contribution in [3.63, 3.8) is 0 Å². The van der Waals surface area contributed by atoms with Gasteiger partial charge in [0.15, 0.2) is 5.82 Å². The Morgan fingerprint density at radius 1 is 1.15 bits per heavy atom. The Morgan fingerprint density at radius 3 is 2.25 bits per heavy atom. The van der Waals surface area contributed by atoms with Gasteiger partial charge in [-0.2, -0.15) is 5.10 Å². The van der Waals surface area contributed by atoms with Gasteiger partial charge in [0.05, 0.1) is 11.8 Å². The zero-order valence-electron chi connectivity index (χ0n) is 12.8. The maximum absolute atomic E-state index is 4.74. The predicted octanol–water partition coefficient (Wildman–Crippen LogP) is 1.76. The number of likely N-dealkylation sites (N-methyl/N-ethyl adjacent to an activating group) is 1. The van der Waals surface area contributed by atoms with E-state index in [0.29, 0.717) is 0 Å². The van der Waals surface area contributed by atoms with Crippen LogP contribution in [0.5, 0.6) is 0 Å². The molecule has 0 aliphatic heterocycles. The zero-order chi connectivity index (χ0) is 14.5. The van der Waals surface area contributed by atoms with Crippen molar-refractivity contribution in [3.05, 3.63) is 29.3 Å². The molecular weight excluding hydrogens is 250 g/mol. The molecule has 0 amide bonds. The van der Waals surface area contributed by atoms with Crippen LogP contribution in [0.2, 0.25) is 0 Å². The Kier molecular flexibility index (Phi) is 4.84. The lowest BCUT2D eigenvalue weighted by molar-refractivity contribution is 0.760. The monoisotopic (exact) mass is 273 g/mol. The minimum Gasteiger partial charge on any atom is -0.319 e. The topological polar surface area (TPSA) is 55.6 Å². The molecule has 2 aromatic rings. The summed E-state index contributed by atoms with van der Waals surface area (Å²) >= 11 is 0. The van der Waals surface area contributed by atoms with Crippen molar-refractivity contribution in [1.29, 1.82) is 0 Å². The maximum Gasteiger partial charge on any atom is 0.162 e. The standard InChI is InChI=1S/C15H23N5/c1-5-13-12(7-8-16-3)14(6-2)19-15(18-13)11-9-17-20(4)10-11/h9-10,16H,5-8H2,1-4H3. The Labute approximate surface area is 120 Å². The molecule has 0 aromatic carbocycles. The number of rotatable bonds is 6. The van der Waals surface area contributed by atoms with E-state index in [1.807, 2.05) is 26.5 Å². The fourth-order valence-electron chi connectivity index (χ4n) is 2.37. The van der Waals surface area contributed by atoms with Gasteiger partial charge in [-0.1, -0.05) is 13.8 Å². The first-order valence-corrected chi connectivity index (χ1v) is 7.21. The number of aromatic nitrogens is 4. The van der Waals surface area contributed by atoms with Crippen molar-refractivity contribution in [3.8, 4) is 11.4 Å². The van der Waals surface area contributed by atoms with E-state index in [0.717, 1.165) is 48.6 Å². The van der Waals surface area contributed by atoms with Crippen molar-refractivity contribution in [2.75, 3.05) is 13.6 Å². The average molecular weight is 273 g/mol. The summed E-state index contributed by atoms with van der Waals surface area (Å²) in [6.07, 6.45) is 6.63. The molecule has 2 heterocycles. The van der Waals surface area contributed by atoms with Gasteiger partial charge in [-0.25, -0.2) is 9.97 Å². The Morgan fingerprint density at radius 2 is 1.80 bits per heavy atom. The molecule has 0 bridgehead atoms. The Bertz CT molecular complexity index is 548. The highest BCUT2D eigenvalue weighted by atomic mass is 15.2. The molecule has 0 radical (unpaired) electrons. The fourth-order valence-corrected chi connectivity index (χ4v) is 2.37. The van der Waals surface area contributed by atoms with Crippen LogP contribution in [0.3, 0.4) is 0 Å². The SMILES string of the molecule is CCc1nc(-c2cnn(C)c2)nc(CC)c1CCNC. The van der Waals surface area contributed by atoms with Gasteiger partial charge in [0.25, 0.3) is 0 Å². The molecule has 2 aromatic heterocycles. The van der Waals surface area contributed by atoms with Gasteiger partial charge in [-0.15, -0.1) is 0 Å². The Balaban J connectivity index is 2.46. The molecule has 1 N–H and O–H groups in total. The second-order valence-corrected chi connectivity index (χ2v) is 4.88. The molecule has 5 nitrogen and oxygen atoms in total. The summed E-state index contributed by atoms with van der Waals surface area (Å²) < 4.78 is 1.78. The van der Waals surface area contributed by atoms with Crippen LogP contribution in [0.4, 0.5) is 0 Å². The summed E-state index contributed by atoms with van der Waals surface area (Å²) in [7, 11) is 3.88. The summed E-state index contributed by atoms with van der Waals surface area (Å²) in [5, 5.41) is 7.40. The number of nitrogens with one attached hydrogen (secondary N) is 1. The van der Waals surface area contributed by atoms with Crippen molar-refractivity contribution < 1.29 is 0 Å². The second-order valence-electron chi connectivity index (χ2n) is 4.88. The number of hydrogen-bond donors (Lipinski definition) is 1. The van der Waals surface area contributed by atoms with E-state index < -0.39 is 0 Å². The fraction of sp³-hybridized carbons (Fsp3) is 0.533. The normalized spacial score (nSPS) is 11.0. The molecule has 0 aliphatic carbocycles. The first-order chi connectivity index (χ1) is 9.69. The van der Waals surface area contributed by atoms with Crippen molar-refractivity contribution in [2.45, 2.75) is 33.1 Å². The van der Waals surface area contributed by atoms with Crippen molar-refractivity contribution in [1.82, 2.24) is 25.1 Å². The average Bonchev–Trinajstić information content (AvgIpc) is 2.90. The maximum atomic E-state index is 4.74. The molecule has 0 fully saturated rings. The van der Waals surface area contributed by atoms with Gasteiger partial charge in [-0.3, -0.25) is 4.68 Å². The molecule has 0 saturated heterocycles. The highest BCUT2D eigenvalue weighted by molar-refractivity contribution is 5.53. The van der Waals surface area contributed by atoms with E-state index in [1.165, 1.54) is 5.56 Å². The van der Waals surface area contributed by atoms with Gasteiger partial charge in [0.1, 0.15) is 0 Å². The van der Waals surface area contributed by atoms with Crippen LogP contribution in [0.1, 0.15) is 30.8 Å². The first-order valence-electron chi connectivity index (χ1n) is 7.21. The zero-order valence-corrected chi connectivity index (χ0v) is 12.8. The third-order valence-electron chi connectivity index (χ3n) is 3.44. The van der Waals surface area contributed by atoms with Gasteiger partial charge in [0, 0.05) is 24.6 Å². The predicted molar refractivity (Wildman–Crippen MR) is 80.6 cm³/mol. The summed E-state index contributed by atoms with van der Waals surface area (Å²) in [5.41, 5.74) is 4.60. The third-order valence-corrected chi connectivity index (χ3v) is 3.44. The van der Waals surface area contributed by atoms with E-state index in [4.69, 9.17) is 9.97 Å². The van der Waals surface area contributed by atoms with Gasteiger partial charge in [-0.05, 0) is 38.4 Å². The van der Waals surface area contributed by atoms with E-state index in [2.05, 4.69) is 24.3 Å². The smallest absolute Gasteiger partial charge is 0.162 e. The van der Waals surface area contributed by atoms with E-state index >= 15 is 0 Å². The van der Waals surface area contributed by atoms with Crippen molar-refractivity contribution in [2.24, 2.45) is 7.05 Å². The van der Waals surface area contributed by atoms with Gasteiger partial charge < -0.3 is 5.32 Å². The van der Waals surface area contributed by atoms with Crippen LogP contribution in [-0.4, -0.2) is 33.3 Å². The molecule has 2 rings (SSSR count). The van der Waals surface area contributed by atoms with Crippen LogP contribution in [0.25, 0.3) is 11.4 Å². The summed E-state index contributed by atoms with van der Waals surface area (Å²) in [6, 6.07) is 0. The summed E-state index contributed by atoms with van der Waals surface area (Å²) in [4.78, 5) is 9.49. The van der Waals surface area contributed by atoms with E-state index in [-0.39, 0.29) is 0 Å². The minimum atomic E-state index is 0.792. The summed E-state index contributed by atoms with van der Waals surface area (Å²) in [5.74, 6) is 0.792. The summed E-state index contributed by atoms with van der Waals surface area (Å²) in [6.45, 7) is 5.25.